The van der Waals surface area contributed by atoms with E-state index in [1.807, 2.05) is 0 Å². The number of hydrogen-bond acceptors (Lipinski definition) is 2. The van der Waals surface area contributed by atoms with Crippen molar-refractivity contribution in [2.24, 2.45) is 0 Å². The highest BCUT2D eigenvalue weighted by Gasteiger charge is 2.06. The molecule has 0 saturated carbocycles. The van der Waals surface area contributed by atoms with Gasteiger partial charge in [0.15, 0.2) is 11.6 Å². The number of nitrogens with one attached hydrogen (secondary N) is 1. The predicted octanol–water partition coefficient (Wildman–Crippen LogP) is 1.83. The van der Waals surface area contributed by atoms with Crippen molar-refractivity contribution in [3.63, 3.8) is 0 Å². The van der Waals surface area contributed by atoms with E-state index in [0.717, 1.165) is 6.07 Å². The summed E-state index contributed by atoms with van der Waals surface area (Å²) < 4.78 is 25.9. The summed E-state index contributed by atoms with van der Waals surface area (Å²) in [7, 11) is 0. The Morgan fingerprint density at radius 1 is 1.40 bits per heavy atom. The molecule has 2 nitrogen and oxygen atoms in total. The molecule has 0 amide bonds. The lowest BCUT2D eigenvalue weighted by atomic mass is 10.2. The molecule has 2 N–H and O–H groups in total. The Kier molecular flexibility index (Phi) is 4.65. The number of aliphatic hydroxyl groups excluding tert-OH is 1. The van der Waals surface area contributed by atoms with Crippen LogP contribution in [0.25, 0.3) is 0 Å². The van der Waals surface area contributed by atoms with E-state index < -0.39 is 11.6 Å². The molecule has 0 aliphatic heterocycles. The zero-order chi connectivity index (χ0) is 11.3. The molecule has 1 aromatic carbocycles. The van der Waals surface area contributed by atoms with Crippen molar-refractivity contribution in [3.05, 3.63) is 35.4 Å². The van der Waals surface area contributed by atoms with Gasteiger partial charge in [0.25, 0.3) is 0 Å². The SMILES string of the molecule is C[C@@H](O)CCNCc1cccc(F)c1F. The number of aliphatic hydroxyl groups is 1. The first-order valence-corrected chi connectivity index (χ1v) is 4.93. The van der Waals surface area contributed by atoms with Gasteiger partial charge in [0.1, 0.15) is 0 Å². The minimum absolute atomic E-state index is 0.274. The summed E-state index contributed by atoms with van der Waals surface area (Å²) in [5, 5.41) is 11.9. The standard InChI is InChI=1S/C11H15F2NO/c1-8(15)5-6-14-7-9-3-2-4-10(12)11(9)13/h2-4,8,14-15H,5-7H2,1H3/t8-/m1/s1. The molecule has 0 fully saturated rings. The smallest absolute Gasteiger partial charge is 0.163 e. The van der Waals surface area contributed by atoms with E-state index in [2.05, 4.69) is 5.32 Å². The molecule has 0 radical (unpaired) electrons. The van der Waals surface area contributed by atoms with Crippen LogP contribution in [0.5, 0.6) is 0 Å². The maximum Gasteiger partial charge on any atom is 0.163 e. The number of benzene rings is 1. The highest BCUT2D eigenvalue weighted by Crippen LogP contribution is 2.10. The first-order valence-electron chi connectivity index (χ1n) is 4.93. The van der Waals surface area contributed by atoms with Crippen molar-refractivity contribution >= 4 is 0 Å². The lowest BCUT2D eigenvalue weighted by Gasteiger charge is -2.07. The Bertz CT molecular complexity index is 315. The third kappa shape index (κ3) is 3.93. The molecule has 1 rings (SSSR count). The number of rotatable bonds is 5. The van der Waals surface area contributed by atoms with Crippen LogP contribution in [0, 0.1) is 11.6 Å². The first-order chi connectivity index (χ1) is 7.11. The van der Waals surface area contributed by atoms with Crippen LogP contribution < -0.4 is 5.32 Å². The van der Waals surface area contributed by atoms with Crippen LogP contribution >= 0.6 is 0 Å². The van der Waals surface area contributed by atoms with Gasteiger partial charge in [-0.15, -0.1) is 0 Å². The van der Waals surface area contributed by atoms with Gasteiger partial charge in [-0.2, -0.15) is 0 Å². The highest BCUT2D eigenvalue weighted by molar-refractivity contribution is 5.18. The molecule has 0 aliphatic carbocycles. The maximum absolute atomic E-state index is 13.1. The molecule has 0 bridgehead atoms. The van der Waals surface area contributed by atoms with E-state index in [1.54, 1.807) is 6.92 Å². The molecule has 0 heterocycles. The molecule has 0 spiro atoms. The minimum Gasteiger partial charge on any atom is -0.393 e. The zero-order valence-electron chi connectivity index (χ0n) is 8.63. The summed E-state index contributed by atoms with van der Waals surface area (Å²) in [6, 6.07) is 4.10. The van der Waals surface area contributed by atoms with Crippen LogP contribution in [0.2, 0.25) is 0 Å². The Balaban J connectivity index is 2.41. The predicted molar refractivity (Wildman–Crippen MR) is 54.4 cm³/mol. The molecule has 84 valence electrons. The van der Waals surface area contributed by atoms with Gasteiger partial charge in [0, 0.05) is 12.1 Å². The molecule has 0 unspecified atom stereocenters. The van der Waals surface area contributed by atoms with E-state index in [9.17, 15) is 8.78 Å². The molecule has 4 heteroatoms. The van der Waals surface area contributed by atoms with Gasteiger partial charge in [-0.3, -0.25) is 0 Å². The number of halogens is 2. The van der Waals surface area contributed by atoms with Gasteiger partial charge < -0.3 is 10.4 Å². The molecule has 1 atom stereocenters. The average Bonchev–Trinajstić information content (AvgIpc) is 2.18. The second-order valence-electron chi connectivity index (χ2n) is 3.53. The lowest BCUT2D eigenvalue weighted by Crippen LogP contribution is -2.19. The molecular weight excluding hydrogens is 200 g/mol. The normalized spacial score (nSPS) is 12.8. The van der Waals surface area contributed by atoms with Gasteiger partial charge in [0.05, 0.1) is 6.10 Å². The van der Waals surface area contributed by atoms with Crippen molar-refractivity contribution in [1.82, 2.24) is 5.32 Å². The summed E-state index contributed by atoms with van der Waals surface area (Å²) >= 11 is 0. The topological polar surface area (TPSA) is 32.3 Å². The van der Waals surface area contributed by atoms with Crippen LogP contribution in [-0.2, 0) is 6.54 Å². The quantitative estimate of drug-likeness (QED) is 0.734. The third-order valence-electron chi connectivity index (χ3n) is 2.09. The second kappa shape index (κ2) is 5.78. The van der Waals surface area contributed by atoms with E-state index >= 15 is 0 Å². The minimum atomic E-state index is -0.829. The fourth-order valence-electron chi connectivity index (χ4n) is 1.22. The van der Waals surface area contributed by atoms with Crippen molar-refractivity contribution in [1.29, 1.82) is 0 Å². The Hall–Kier alpha value is -1.00. The van der Waals surface area contributed by atoms with E-state index in [1.165, 1.54) is 12.1 Å². The van der Waals surface area contributed by atoms with Crippen LogP contribution in [0.4, 0.5) is 8.78 Å². The molecular formula is C11H15F2NO. The Morgan fingerprint density at radius 2 is 2.13 bits per heavy atom. The summed E-state index contributed by atoms with van der Waals surface area (Å²) in [6.45, 7) is 2.54. The fourth-order valence-corrected chi connectivity index (χ4v) is 1.22. The average molecular weight is 215 g/mol. The summed E-state index contributed by atoms with van der Waals surface area (Å²) in [6.07, 6.45) is 0.214. The first kappa shape index (κ1) is 12.1. The molecule has 1 aromatic rings. The monoisotopic (exact) mass is 215 g/mol. The van der Waals surface area contributed by atoms with Crippen LogP contribution in [-0.4, -0.2) is 17.8 Å². The van der Waals surface area contributed by atoms with Crippen LogP contribution in [0.3, 0.4) is 0 Å². The van der Waals surface area contributed by atoms with Crippen LogP contribution in [0.1, 0.15) is 18.9 Å². The molecule has 15 heavy (non-hydrogen) atoms. The zero-order valence-corrected chi connectivity index (χ0v) is 8.63. The van der Waals surface area contributed by atoms with E-state index in [0.29, 0.717) is 18.5 Å². The summed E-state index contributed by atoms with van der Waals surface area (Å²) in [5.74, 6) is -1.63. The Morgan fingerprint density at radius 3 is 2.80 bits per heavy atom. The van der Waals surface area contributed by atoms with Crippen molar-refractivity contribution in [2.75, 3.05) is 6.54 Å². The highest BCUT2D eigenvalue weighted by atomic mass is 19.2. The fraction of sp³-hybridized carbons (Fsp3) is 0.455. The van der Waals surface area contributed by atoms with Gasteiger partial charge in [-0.1, -0.05) is 12.1 Å². The third-order valence-corrected chi connectivity index (χ3v) is 2.09. The van der Waals surface area contributed by atoms with Crippen molar-refractivity contribution in [3.8, 4) is 0 Å². The summed E-state index contributed by atoms with van der Waals surface area (Å²) in [4.78, 5) is 0. The van der Waals surface area contributed by atoms with Gasteiger partial charge >= 0.3 is 0 Å². The van der Waals surface area contributed by atoms with Gasteiger partial charge in [0.2, 0.25) is 0 Å². The van der Waals surface area contributed by atoms with E-state index in [-0.39, 0.29) is 12.6 Å². The van der Waals surface area contributed by atoms with Crippen molar-refractivity contribution < 1.29 is 13.9 Å². The largest absolute Gasteiger partial charge is 0.393 e. The van der Waals surface area contributed by atoms with Gasteiger partial charge in [-0.25, -0.2) is 8.78 Å². The molecule has 0 aromatic heterocycles. The number of hydrogen-bond donors (Lipinski definition) is 2. The van der Waals surface area contributed by atoms with Gasteiger partial charge in [-0.05, 0) is 26.0 Å². The molecule has 0 saturated heterocycles. The van der Waals surface area contributed by atoms with Crippen LogP contribution in [0.15, 0.2) is 18.2 Å². The van der Waals surface area contributed by atoms with E-state index in [4.69, 9.17) is 5.11 Å². The molecule has 0 aliphatic rings. The van der Waals surface area contributed by atoms with Crippen molar-refractivity contribution in [2.45, 2.75) is 26.0 Å². The maximum atomic E-state index is 13.1. The second-order valence-corrected chi connectivity index (χ2v) is 3.53. The lowest BCUT2D eigenvalue weighted by molar-refractivity contribution is 0.183. The Labute approximate surface area is 87.9 Å². The summed E-state index contributed by atoms with van der Waals surface area (Å²) in [5.41, 5.74) is 0.306.